The molecule has 302 valence electrons. The number of allylic oxidation sites excluding steroid dienone is 12. The number of carbonyl (C=O) groups is 3. The minimum absolute atomic E-state index is 0.102. The number of esters is 3. The van der Waals surface area contributed by atoms with Crippen LogP contribution in [0.25, 0.3) is 0 Å². The van der Waals surface area contributed by atoms with E-state index in [1.807, 2.05) is 0 Å². The molecule has 0 aliphatic carbocycles. The van der Waals surface area contributed by atoms with Crippen LogP contribution in [-0.4, -0.2) is 37.2 Å². The smallest absolute Gasteiger partial charge is 0.306 e. The predicted molar refractivity (Wildman–Crippen MR) is 224 cm³/mol. The maximum absolute atomic E-state index is 12.7. The van der Waals surface area contributed by atoms with Crippen LogP contribution < -0.4 is 0 Å². The van der Waals surface area contributed by atoms with E-state index < -0.39 is 6.10 Å². The van der Waals surface area contributed by atoms with Crippen molar-refractivity contribution in [1.82, 2.24) is 0 Å². The molecule has 0 aromatic carbocycles. The lowest BCUT2D eigenvalue weighted by Crippen LogP contribution is -2.30. The van der Waals surface area contributed by atoms with Crippen molar-refractivity contribution in [2.45, 2.75) is 194 Å². The zero-order chi connectivity index (χ0) is 38.7. The molecule has 0 aliphatic rings. The van der Waals surface area contributed by atoms with Gasteiger partial charge in [-0.3, -0.25) is 14.4 Å². The quantitative estimate of drug-likeness (QED) is 0.0273. The first-order valence-electron chi connectivity index (χ1n) is 21.4. The summed E-state index contributed by atoms with van der Waals surface area (Å²) >= 11 is 0. The summed E-state index contributed by atoms with van der Waals surface area (Å²) in [6.45, 7) is 6.29. The maximum Gasteiger partial charge on any atom is 0.306 e. The minimum atomic E-state index is -0.798. The highest BCUT2D eigenvalue weighted by Gasteiger charge is 2.19. The molecular weight excluding hydrogens is 661 g/mol. The Morgan fingerprint density at radius 1 is 0.396 bits per heavy atom. The lowest BCUT2D eigenvalue weighted by atomic mass is 10.1. The van der Waals surface area contributed by atoms with Crippen molar-refractivity contribution in [3.63, 3.8) is 0 Å². The molecule has 1 unspecified atom stereocenters. The summed E-state index contributed by atoms with van der Waals surface area (Å²) in [5.41, 5.74) is 0. The molecule has 0 amide bonds. The van der Waals surface area contributed by atoms with Gasteiger partial charge in [0, 0.05) is 19.3 Å². The highest BCUT2D eigenvalue weighted by atomic mass is 16.6. The largest absolute Gasteiger partial charge is 0.462 e. The van der Waals surface area contributed by atoms with Crippen LogP contribution in [0.15, 0.2) is 72.9 Å². The third-order valence-corrected chi connectivity index (χ3v) is 8.68. The Kier molecular flexibility index (Phi) is 39.1. The van der Waals surface area contributed by atoms with Gasteiger partial charge in [-0.15, -0.1) is 0 Å². The summed E-state index contributed by atoms with van der Waals surface area (Å²) in [5, 5.41) is 0. The average molecular weight is 739 g/mol. The van der Waals surface area contributed by atoms with Gasteiger partial charge in [0.05, 0.1) is 0 Å². The van der Waals surface area contributed by atoms with Crippen molar-refractivity contribution >= 4 is 17.9 Å². The Balaban J connectivity index is 4.46. The summed E-state index contributed by atoms with van der Waals surface area (Å²) in [6.07, 6.45) is 50.4. The van der Waals surface area contributed by atoms with E-state index in [1.54, 1.807) is 0 Å². The Morgan fingerprint density at radius 3 is 1.21 bits per heavy atom. The topological polar surface area (TPSA) is 78.9 Å². The van der Waals surface area contributed by atoms with Crippen molar-refractivity contribution in [2.75, 3.05) is 13.2 Å². The highest BCUT2D eigenvalue weighted by molar-refractivity contribution is 5.71. The first-order valence-corrected chi connectivity index (χ1v) is 21.4. The molecule has 0 saturated heterocycles. The van der Waals surface area contributed by atoms with E-state index >= 15 is 0 Å². The van der Waals surface area contributed by atoms with Gasteiger partial charge in [-0.2, -0.15) is 0 Å². The second kappa shape index (κ2) is 41.6. The monoisotopic (exact) mass is 739 g/mol. The predicted octanol–water partition coefficient (Wildman–Crippen LogP) is 13.5. The van der Waals surface area contributed by atoms with E-state index in [-0.39, 0.29) is 31.1 Å². The van der Waals surface area contributed by atoms with Crippen LogP contribution in [0.1, 0.15) is 188 Å². The molecular formula is C47H78O6. The molecule has 0 rings (SSSR count). The second-order valence-electron chi connectivity index (χ2n) is 13.8. The summed E-state index contributed by atoms with van der Waals surface area (Å²) < 4.78 is 16.6. The lowest BCUT2D eigenvalue weighted by molar-refractivity contribution is -0.167. The van der Waals surface area contributed by atoms with Gasteiger partial charge in [0.15, 0.2) is 6.10 Å². The van der Waals surface area contributed by atoms with Crippen LogP contribution in [0.4, 0.5) is 0 Å². The Morgan fingerprint density at radius 2 is 0.736 bits per heavy atom. The van der Waals surface area contributed by atoms with Crippen LogP contribution in [0.3, 0.4) is 0 Å². The number of unbranched alkanes of at least 4 members (excludes halogenated alkanes) is 14. The van der Waals surface area contributed by atoms with Gasteiger partial charge < -0.3 is 14.2 Å². The zero-order valence-electron chi connectivity index (χ0n) is 34.3. The maximum atomic E-state index is 12.7. The Hall–Kier alpha value is -3.15. The van der Waals surface area contributed by atoms with Gasteiger partial charge in [-0.05, 0) is 103 Å². The van der Waals surface area contributed by atoms with Crippen molar-refractivity contribution in [2.24, 2.45) is 0 Å². The third kappa shape index (κ3) is 39.9. The van der Waals surface area contributed by atoms with Crippen molar-refractivity contribution in [3.8, 4) is 0 Å². The number of carbonyl (C=O) groups excluding carboxylic acids is 3. The molecule has 1 atom stereocenters. The van der Waals surface area contributed by atoms with E-state index in [2.05, 4.69) is 93.7 Å². The van der Waals surface area contributed by atoms with Crippen molar-refractivity contribution in [1.29, 1.82) is 0 Å². The first-order chi connectivity index (χ1) is 26.0. The lowest BCUT2D eigenvalue weighted by Gasteiger charge is -2.18. The molecule has 6 heteroatoms. The molecule has 0 aromatic heterocycles. The third-order valence-electron chi connectivity index (χ3n) is 8.68. The number of ether oxygens (including phenoxy) is 3. The second-order valence-corrected chi connectivity index (χ2v) is 13.8. The van der Waals surface area contributed by atoms with E-state index in [0.29, 0.717) is 19.3 Å². The molecule has 0 spiro atoms. The Labute approximate surface area is 325 Å². The molecule has 6 nitrogen and oxygen atoms in total. The van der Waals surface area contributed by atoms with Gasteiger partial charge in [0.2, 0.25) is 0 Å². The summed E-state index contributed by atoms with van der Waals surface area (Å²) in [5.74, 6) is -0.979. The van der Waals surface area contributed by atoms with Crippen LogP contribution in [0.2, 0.25) is 0 Å². The first kappa shape index (κ1) is 49.9. The molecule has 0 fully saturated rings. The van der Waals surface area contributed by atoms with Crippen molar-refractivity contribution in [3.05, 3.63) is 72.9 Å². The molecule has 0 radical (unpaired) electrons. The summed E-state index contributed by atoms with van der Waals surface area (Å²) in [4.78, 5) is 37.6. The molecule has 0 saturated carbocycles. The fourth-order valence-electron chi connectivity index (χ4n) is 5.49. The van der Waals surface area contributed by atoms with E-state index in [0.717, 1.165) is 116 Å². The van der Waals surface area contributed by atoms with Gasteiger partial charge in [0.1, 0.15) is 13.2 Å². The Bertz CT molecular complexity index is 1030. The SMILES string of the molecule is CC/C=C\C/C=C\C/C=C\CCCCCCC(=O)OCC(COC(=O)CCCC/C=C\C/C=C\CC)OC(=O)CCCCCCC/C=C\CCCCC. The molecule has 0 aromatic rings. The van der Waals surface area contributed by atoms with Crippen LogP contribution in [0.5, 0.6) is 0 Å². The van der Waals surface area contributed by atoms with Crippen LogP contribution in [-0.2, 0) is 28.6 Å². The minimum Gasteiger partial charge on any atom is -0.462 e. The number of hydrogen-bond donors (Lipinski definition) is 0. The van der Waals surface area contributed by atoms with Crippen molar-refractivity contribution < 1.29 is 28.6 Å². The molecule has 0 aliphatic heterocycles. The van der Waals surface area contributed by atoms with Gasteiger partial charge >= 0.3 is 17.9 Å². The van der Waals surface area contributed by atoms with E-state index in [4.69, 9.17) is 14.2 Å². The molecule has 53 heavy (non-hydrogen) atoms. The van der Waals surface area contributed by atoms with Crippen LogP contribution in [0, 0.1) is 0 Å². The number of rotatable bonds is 37. The standard InChI is InChI=1S/C47H78O6/c1-4-7-10-13-16-19-21-23-24-26-28-31-34-37-40-46(49)52-43-44(42-51-45(48)39-36-33-30-27-18-15-12-9-6-3)53-47(50)41-38-35-32-29-25-22-20-17-14-11-8-5-2/h7,9-10,12,16-20,23-24,27,44H,4-6,8,11,13-15,21-22,25-26,28-43H2,1-3H3/b10-7-,12-9-,19-16-,20-17-,24-23-,27-18-. The average Bonchev–Trinajstić information content (AvgIpc) is 3.15. The zero-order valence-corrected chi connectivity index (χ0v) is 34.3. The van der Waals surface area contributed by atoms with Gasteiger partial charge in [0.25, 0.3) is 0 Å². The summed E-state index contributed by atoms with van der Waals surface area (Å²) in [6, 6.07) is 0. The summed E-state index contributed by atoms with van der Waals surface area (Å²) in [7, 11) is 0. The fourth-order valence-corrected chi connectivity index (χ4v) is 5.49. The van der Waals surface area contributed by atoms with E-state index in [9.17, 15) is 14.4 Å². The van der Waals surface area contributed by atoms with Gasteiger partial charge in [-0.1, -0.05) is 139 Å². The normalized spacial score (nSPS) is 12.7. The van der Waals surface area contributed by atoms with Gasteiger partial charge in [-0.25, -0.2) is 0 Å². The highest BCUT2D eigenvalue weighted by Crippen LogP contribution is 2.12. The fraction of sp³-hybridized carbons (Fsp3) is 0.681. The molecule has 0 N–H and O–H groups in total. The molecule has 0 bridgehead atoms. The van der Waals surface area contributed by atoms with E-state index in [1.165, 1.54) is 32.1 Å². The number of hydrogen-bond acceptors (Lipinski definition) is 6. The van der Waals surface area contributed by atoms with Crippen LogP contribution >= 0.6 is 0 Å². The molecule has 0 heterocycles.